The van der Waals surface area contributed by atoms with Gasteiger partial charge in [0.15, 0.2) is 0 Å². The Balaban J connectivity index is 3.35. The van der Waals surface area contributed by atoms with Crippen LogP contribution < -0.4 is 5.73 Å². The molecular weight excluding hydrogens is 146 g/mol. The van der Waals surface area contributed by atoms with Crippen LogP contribution in [0.4, 0.5) is 0 Å². The lowest BCUT2D eigenvalue weighted by molar-refractivity contribution is 0.337. The maximum Gasteiger partial charge on any atom is -0.00746 e. The second kappa shape index (κ2) is 7.60. The number of unbranched alkanes of at least 4 members (excludes halogenated alkanes) is 2. The van der Waals surface area contributed by atoms with Crippen LogP contribution in [-0.4, -0.2) is 6.54 Å². The van der Waals surface area contributed by atoms with Crippen LogP contribution in [0.25, 0.3) is 0 Å². The number of rotatable bonds is 7. The highest BCUT2D eigenvalue weighted by molar-refractivity contribution is 4.62. The standard InChI is InChI=1S/C11H25N/c1-4-5-6-7-10(2)11(3)8-9-12/h10-11H,4-9,12H2,1-3H3/t10-,11?/m0/s1. The Morgan fingerprint density at radius 3 is 2.08 bits per heavy atom. The molecule has 0 aliphatic carbocycles. The lowest BCUT2D eigenvalue weighted by Gasteiger charge is -2.18. The molecule has 2 atom stereocenters. The van der Waals surface area contributed by atoms with E-state index in [-0.39, 0.29) is 0 Å². The average Bonchev–Trinajstić information content (AvgIpc) is 2.05. The van der Waals surface area contributed by atoms with Gasteiger partial charge in [-0.1, -0.05) is 46.5 Å². The van der Waals surface area contributed by atoms with Crippen LogP contribution in [0, 0.1) is 11.8 Å². The van der Waals surface area contributed by atoms with Gasteiger partial charge in [-0.3, -0.25) is 0 Å². The highest BCUT2D eigenvalue weighted by Gasteiger charge is 2.10. The third kappa shape index (κ3) is 5.59. The molecule has 0 saturated heterocycles. The van der Waals surface area contributed by atoms with Crippen molar-refractivity contribution in [1.82, 2.24) is 0 Å². The van der Waals surface area contributed by atoms with Crippen molar-refractivity contribution < 1.29 is 0 Å². The molecule has 1 heteroatoms. The van der Waals surface area contributed by atoms with Gasteiger partial charge < -0.3 is 5.73 Å². The summed E-state index contributed by atoms with van der Waals surface area (Å²) < 4.78 is 0. The maximum atomic E-state index is 5.52. The molecule has 0 spiro atoms. The lowest BCUT2D eigenvalue weighted by Crippen LogP contribution is -2.13. The summed E-state index contributed by atoms with van der Waals surface area (Å²) >= 11 is 0. The molecule has 74 valence electrons. The van der Waals surface area contributed by atoms with E-state index in [9.17, 15) is 0 Å². The van der Waals surface area contributed by atoms with Crippen molar-refractivity contribution in [3.8, 4) is 0 Å². The van der Waals surface area contributed by atoms with E-state index in [2.05, 4.69) is 20.8 Å². The molecule has 0 aliphatic rings. The Labute approximate surface area is 77.7 Å². The van der Waals surface area contributed by atoms with E-state index in [1.165, 1.54) is 32.1 Å². The smallest absolute Gasteiger partial charge is 0.00746 e. The molecule has 1 nitrogen and oxygen atoms in total. The zero-order chi connectivity index (χ0) is 9.40. The van der Waals surface area contributed by atoms with Crippen molar-refractivity contribution in [2.45, 2.75) is 52.9 Å². The molecule has 0 aromatic carbocycles. The van der Waals surface area contributed by atoms with Crippen LogP contribution in [0.1, 0.15) is 52.9 Å². The molecule has 0 saturated carbocycles. The van der Waals surface area contributed by atoms with Gasteiger partial charge in [0.25, 0.3) is 0 Å². The van der Waals surface area contributed by atoms with Gasteiger partial charge in [0, 0.05) is 0 Å². The first-order chi connectivity index (χ1) is 5.72. The normalized spacial score (nSPS) is 16.0. The Morgan fingerprint density at radius 1 is 1.00 bits per heavy atom. The predicted octanol–water partition coefficient (Wildman–Crippen LogP) is 3.19. The van der Waals surface area contributed by atoms with Gasteiger partial charge in [-0.2, -0.15) is 0 Å². The zero-order valence-electron chi connectivity index (χ0n) is 8.97. The van der Waals surface area contributed by atoms with Crippen molar-refractivity contribution in [2.75, 3.05) is 6.54 Å². The molecule has 0 aliphatic heterocycles. The van der Waals surface area contributed by atoms with E-state index in [0.717, 1.165) is 18.4 Å². The molecule has 0 radical (unpaired) electrons. The van der Waals surface area contributed by atoms with E-state index >= 15 is 0 Å². The second-order valence-electron chi connectivity index (χ2n) is 4.03. The van der Waals surface area contributed by atoms with Gasteiger partial charge >= 0.3 is 0 Å². The first kappa shape index (κ1) is 12.0. The van der Waals surface area contributed by atoms with Crippen molar-refractivity contribution in [2.24, 2.45) is 17.6 Å². The molecule has 0 aromatic rings. The van der Waals surface area contributed by atoms with Crippen LogP contribution in [0.5, 0.6) is 0 Å². The summed E-state index contributed by atoms with van der Waals surface area (Å²) in [5.74, 6) is 1.67. The Hall–Kier alpha value is -0.0400. The molecule has 2 N–H and O–H groups in total. The van der Waals surface area contributed by atoms with Gasteiger partial charge in [-0.15, -0.1) is 0 Å². The van der Waals surface area contributed by atoms with E-state index in [0.29, 0.717) is 0 Å². The summed E-state index contributed by atoms with van der Waals surface area (Å²) in [7, 11) is 0. The molecule has 0 amide bonds. The van der Waals surface area contributed by atoms with Gasteiger partial charge in [0.2, 0.25) is 0 Å². The largest absolute Gasteiger partial charge is 0.330 e. The fourth-order valence-corrected chi connectivity index (χ4v) is 1.55. The predicted molar refractivity (Wildman–Crippen MR) is 56.1 cm³/mol. The molecule has 1 unspecified atom stereocenters. The lowest BCUT2D eigenvalue weighted by atomic mass is 9.88. The van der Waals surface area contributed by atoms with Crippen molar-refractivity contribution in [3.63, 3.8) is 0 Å². The minimum absolute atomic E-state index is 0.812. The first-order valence-corrected chi connectivity index (χ1v) is 5.42. The van der Waals surface area contributed by atoms with Crippen LogP contribution in [0.15, 0.2) is 0 Å². The molecule has 0 bridgehead atoms. The topological polar surface area (TPSA) is 26.0 Å². The van der Waals surface area contributed by atoms with Crippen molar-refractivity contribution >= 4 is 0 Å². The summed E-state index contributed by atoms with van der Waals surface area (Å²) in [6.45, 7) is 7.78. The van der Waals surface area contributed by atoms with Crippen LogP contribution >= 0.6 is 0 Å². The minimum Gasteiger partial charge on any atom is -0.330 e. The minimum atomic E-state index is 0.812. The fraction of sp³-hybridized carbons (Fsp3) is 1.00. The number of hydrogen-bond donors (Lipinski definition) is 1. The Morgan fingerprint density at radius 2 is 1.58 bits per heavy atom. The third-order valence-corrected chi connectivity index (χ3v) is 2.86. The SMILES string of the molecule is CCCCC[C@H](C)C(C)CCN. The average molecular weight is 171 g/mol. The van der Waals surface area contributed by atoms with Gasteiger partial charge in [0.05, 0.1) is 0 Å². The highest BCUT2D eigenvalue weighted by Crippen LogP contribution is 2.20. The molecule has 0 fully saturated rings. The fourth-order valence-electron chi connectivity index (χ4n) is 1.55. The Kier molecular flexibility index (Phi) is 7.58. The van der Waals surface area contributed by atoms with Gasteiger partial charge in [0.1, 0.15) is 0 Å². The van der Waals surface area contributed by atoms with E-state index in [1.807, 2.05) is 0 Å². The number of nitrogens with two attached hydrogens (primary N) is 1. The molecule has 0 heterocycles. The summed E-state index contributed by atoms with van der Waals surface area (Å²) in [6.07, 6.45) is 6.69. The molecule has 12 heavy (non-hydrogen) atoms. The second-order valence-corrected chi connectivity index (χ2v) is 4.03. The van der Waals surface area contributed by atoms with E-state index in [1.54, 1.807) is 0 Å². The van der Waals surface area contributed by atoms with Crippen LogP contribution in [-0.2, 0) is 0 Å². The van der Waals surface area contributed by atoms with Gasteiger partial charge in [-0.05, 0) is 24.8 Å². The highest BCUT2D eigenvalue weighted by atomic mass is 14.5. The first-order valence-electron chi connectivity index (χ1n) is 5.42. The van der Waals surface area contributed by atoms with Crippen molar-refractivity contribution in [3.05, 3.63) is 0 Å². The maximum absolute atomic E-state index is 5.52. The van der Waals surface area contributed by atoms with E-state index < -0.39 is 0 Å². The Bertz CT molecular complexity index is 91.0. The van der Waals surface area contributed by atoms with Crippen LogP contribution in [0.2, 0.25) is 0 Å². The van der Waals surface area contributed by atoms with Crippen LogP contribution in [0.3, 0.4) is 0 Å². The quantitative estimate of drug-likeness (QED) is 0.585. The van der Waals surface area contributed by atoms with Crippen molar-refractivity contribution in [1.29, 1.82) is 0 Å². The van der Waals surface area contributed by atoms with E-state index in [4.69, 9.17) is 5.73 Å². The zero-order valence-corrected chi connectivity index (χ0v) is 8.97. The van der Waals surface area contributed by atoms with Gasteiger partial charge in [-0.25, -0.2) is 0 Å². The molecule has 0 aromatic heterocycles. The summed E-state index contributed by atoms with van der Waals surface area (Å²) in [5, 5.41) is 0. The molecule has 0 rings (SSSR count). The summed E-state index contributed by atoms with van der Waals surface area (Å²) in [6, 6.07) is 0. The summed E-state index contributed by atoms with van der Waals surface area (Å²) in [4.78, 5) is 0. The number of hydrogen-bond acceptors (Lipinski definition) is 1. The third-order valence-electron chi connectivity index (χ3n) is 2.86. The molecular formula is C11H25N. The summed E-state index contributed by atoms with van der Waals surface area (Å²) in [5.41, 5.74) is 5.52. The monoisotopic (exact) mass is 171 g/mol.